The lowest BCUT2D eigenvalue weighted by Gasteiger charge is -2.37. The molecule has 2 rings (SSSR count). The van der Waals surface area contributed by atoms with Crippen molar-refractivity contribution in [1.29, 1.82) is 0 Å². The minimum Gasteiger partial charge on any atom is -0.395 e. The molecule has 0 aromatic rings. The van der Waals surface area contributed by atoms with Gasteiger partial charge in [-0.1, -0.05) is 0 Å². The molecule has 2 fully saturated rings. The number of nitrogens with zero attached hydrogens (tertiary/aromatic N) is 1. The van der Waals surface area contributed by atoms with Gasteiger partial charge in [-0.25, -0.2) is 0 Å². The highest BCUT2D eigenvalue weighted by Crippen LogP contribution is 2.36. The van der Waals surface area contributed by atoms with Crippen LogP contribution in [0.15, 0.2) is 0 Å². The number of aliphatic hydroxyl groups is 1. The molecule has 76 valence electrons. The van der Waals surface area contributed by atoms with Gasteiger partial charge < -0.3 is 9.84 Å². The summed E-state index contributed by atoms with van der Waals surface area (Å²) in [6.07, 6.45) is 5.38. The van der Waals surface area contributed by atoms with Crippen molar-refractivity contribution < 1.29 is 9.84 Å². The maximum atomic E-state index is 8.93. The highest BCUT2D eigenvalue weighted by atomic mass is 16.5. The van der Waals surface area contributed by atoms with Gasteiger partial charge in [0, 0.05) is 25.7 Å². The molecule has 0 aromatic heterocycles. The first-order valence-corrected chi connectivity index (χ1v) is 5.24. The monoisotopic (exact) mass is 185 g/mol. The van der Waals surface area contributed by atoms with Gasteiger partial charge in [0.15, 0.2) is 0 Å². The van der Waals surface area contributed by atoms with Crippen molar-refractivity contribution in [2.45, 2.75) is 43.9 Å². The van der Waals surface area contributed by atoms with E-state index >= 15 is 0 Å². The van der Waals surface area contributed by atoms with E-state index in [0.717, 1.165) is 19.4 Å². The Morgan fingerprint density at radius 2 is 1.92 bits per heavy atom. The Morgan fingerprint density at radius 3 is 2.38 bits per heavy atom. The van der Waals surface area contributed by atoms with Crippen LogP contribution in [0, 0.1) is 0 Å². The summed E-state index contributed by atoms with van der Waals surface area (Å²) in [6.45, 7) is 1.15. The number of ether oxygens (including phenoxy) is 1. The van der Waals surface area contributed by atoms with Crippen molar-refractivity contribution in [1.82, 2.24) is 4.90 Å². The van der Waals surface area contributed by atoms with Gasteiger partial charge in [-0.3, -0.25) is 4.90 Å². The van der Waals surface area contributed by atoms with E-state index in [0.29, 0.717) is 24.8 Å². The van der Waals surface area contributed by atoms with E-state index in [1.54, 1.807) is 0 Å². The highest BCUT2D eigenvalue weighted by molar-refractivity contribution is 4.95. The summed E-state index contributed by atoms with van der Waals surface area (Å²) in [5.41, 5.74) is 0. The van der Waals surface area contributed by atoms with Crippen molar-refractivity contribution in [2.24, 2.45) is 0 Å². The zero-order valence-corrected chi connectivity index (χ0v) is 8.28. The fourth-order valence-corrected chi connectivity index (χ4v) is 2.90. The highest BCUT2D eigenvalue weighted by Gasteiger charge is 2.40. The van der Waals surface area contributed by atoms with E-state index < -0.39 is 0 Å². The van der Waals surface area contributed by atoms with Crippen LogP contribution in [0.2, 0.25) is 0 Å². The molecule has 2 atom stereocenters. The van der Waals surface area contributed by atoms with Crippen molar-refractivity contribution in [2.75, 3.05) is 20.3 Å². The van der Waals surface area contributed by atoms with Gasteiger partial charge in [0.25, 0.3) is 0 Å². The van der Waals surface area contributed by atoms with Crippen molar-refractivity contribution in [3.8, 4) is 0 Å². The van der Waals surface area contributed by atoms with Gasteiger partial charge >= 0.3 is 0 Å². The van der Waals surface area contributed by atoms with Crippen LogP contribution in [-0.4, -0.2) is 48.5 Å². The summed E-state index contributed by atoms with van der Waals surface area (Å²) in [5, 5.41) is 8.93. The third-order valence-electron chi connectivity index (χ3n) is 3.53. The number of hydrogen-bond acceptors (Lipinski definition) is 3. The lowest BCUT2D eigenvalue weighted by atomic mass is 10.00. The molecule has 13 heavy (non-hydrogen) atoms. The second kappa shape index (κ2) is 3.95. The topological polar surface area (TPSA) is 32.7 Å². The Balaban J connectivity index is 1.96. The number of hydrogen-bond donors (Lipinski definition) is 1. The van der Waals surface area contributed by atoms with E-state index in [-0.39, 0.29) is 0 Å². The molecule has 2 unspecified atom stereocenters. The summed E-state index contributed by atoms with van der Waals surface area (Å²) in [7, 11) is 1.81. The van der Waals surface area contributed by atoms with Crippen LogP contribution in [0.5, 0.6) is 0 Å². The molecule has 2 saturated heterocycles. The van der Waals surface area contributed by atoms with Crippen molar-refractivity contribution >= 4 is 0 Å². The van der Waals surface area contributed by atoms with E-state index in [1.165, 1.54) is 12.8 Å². The number of methoxy groups -OCH3 is 1. The summed E-state index contributed by atoms with van der Waals surface area (Å²) in [4.78, 5) is 2.47. The van der Waals surface area contributed by atoms with Gasteiger partial charge in [-0.05, 0) is 25.7 Å². The van der Waals surface area contributed by atoms with Crippen LogP contribution >= 0.6 is 0 Å². The smallest absolute Gasteiger partial charge is 0.0601 e. The molecule has 0 radical (unpaired) electrons. The molecule has 0 aliphatic carbocycles. The molecule has 2 bridgehead atoms. The van der Waals surface area contributed by atoms with E-state index in [1.807, 2.05) is 7.11 Å². The Morgan fingerprint density at radius 1 is 1.31 bits per heavy atom. The van der Waals surface area contributed by atoms with Crippen molar-refractivity contribution in [3.05, 3.63) is 0 Å². The average Bonchev–Trinajstić information content (AvgIpc) is 2.39. The summed E-state index contributed by atoms with van der Waals surface area (Å²) >= 11 is 0. The second-order valence-electron chi connectivity index (χ2n) is 4.18. The van der Waals surface area contributed by atoms with Gasteiger partial charge in [0.2, 0.25) is 0 Å². The van der Waals surface area contributed by atoms with Crippen LogP contribution < -0.4 is 0 Å². The van der Waals surface area contributed by atoms with E-state index in [2.05, 4.69) is 4.90 Å². The number of piperidine rings is 1. The molecule has 1 N–H and O–H groups in total. The first-order valence-electron chi connectivity index (χ1n) is 5.24. The molecule has 2 aliphatic heterocycles. The Hall–Kier alpha value is -0.120. The fourth-order valence-electron chi connectivity index (χ4n) is 2.90. The predicted molar refractivity (Wildman–Crippen MR) is 50.6 cm³/mol. The molecule has 2 aliphatic rings. The predicted octanol–water partition coefficient (Wildman–Crippen LogP) is 0.620. The molecule has 0 amide bonds. The third kappa shape index (κ3) is 1.73. The lowest BCUT2D eigenvalue weighted by molar-refractivity contribution is 0.000411. The molecule has 0 saturated carbocycles. The summed E-state index contributed by atoms with van der Waals surface area (Å²) in [5.74, 6) is 0. The zero-order chi connectivity index (χ0) is 9.26. The van der Waals surface area contributed by atoms with Gasteiger partial charge in [-0.2, -0.15) is 0 Å². The largest absolute Gasteiger partial charge is 0.395 e. The first kappa shape index (κ1) is 9.44. The first-order chi connectivity index (χ1) is 6.35. The van der Waals surface area contributed by atoms with Crippen LogP contribution in [0.4, 0.5) is 0 Å². The Bertz CT molecular complexity index is 160. The van der Waals surface area contributed by atoms with Gasteiger partial charge in [0.1, 0.15) is 0 Å². The molecular formula is C10H19NO2. The molecule has 2 heterocycles. The fraction of sp³-hybridized carbons (Fsp3) is 1.00. The normalized spacial score (nSPS) is 39.7. The minimum atomic E-state index is 0.296. The number of fused-ring (bicyclic) bond motifs is 2. The third-order valence-corrected chi connectivity index (χ3v) is 3.53. The van der Waals surface area contributed by atoms with E-state index in [4.69, 9.17) is 9.84 Å². The van der Waals surface area contributed by atoms with Crippen LogP contribution in [0.3, 0.4) is 0 Å². The quantitative estimate of drug-likeness (QED) is 0.699. The maximum Gasteiger partial charge on any atom is 0.0601 e. The lowest BCUT2D eigenvalue weighted by Crippen LogP contribution is -2.46. The Kier molecular flexibility index (Phi) is 2.86. The van der Waals surface area contributed by atoms with Crippen molar-refractivity contribution in [3.63, 3.8) is 0 Å². The molecule has 0 spiro atoms. The summed E-state index contributed by atoms with van der Waals surface area (Å²) < 4.78 is 5.41. The zero-order valence-electron chi connectivity index (χ0n) is 8.28. The minimum absolute atomic E-state index is 0.296. The van der Waals surface area contributed by atoms with Crippen LogP contribution in [0.25, 0.3) is 0 Å². The van der Waals surface area contributed by atoms with Gasteiger partial charge in [-0.15, -0.1) is 0 Å². The Labute approximate surface area is 79.7 Å². The molecule has 3 nitrogen and oxygen atoms in total. The van der Waals surface area contributed by atoms with E-state index in [9.17, 15) is 0 Å². The van der Waals surface area contributed by atoms with Crippen LogP contribution in [0.1, 0.15) is 25.7 Å². The molecule has 3 heteroatoms. The number of rotatable bonds is 3. The summed E-state index contributed by atoms with van der Waals surface area (Å²) in [6, 6.07) is 1.35. The standard InChI is InChI=1S/C10H19NO2/c1-13-10-6-8-2-3-9(7-10)11(8)4-5-12/h8-10,12H,2-7H2,1H3. The molecular weight excluding hydrogens is 166 g/mol. The molecule has 0 aromatic carbocycles. The average molecular weight is 185 g/mol. The van der Waals surface area contributed by atoms with Gasteiger partial charge in [0.05, 0.1) is 12.7 Å². The SMILES string of the molecule is COC1CC2CCC(C1)N2CCO. The second-order valence-corrected chi connectivity index (χ2v) is 4.18. The van der Waals surface area contributed by atoms with Crippen LogP contribution in [-0.2, 0) is 4.74 Å². The number of aliphatic hydroxyl groups excluding tert-OH is 1. The maximum absolute atomic E-state index is 8.93.